The molecule has 184 valence electrons. The molecule has 1 aromatic heterocycles. The first-order valence-corrected chi connectivity index (χ1v) is 11.8. The lowest BCUT2D eigenvalue weighted by Gasteiger charge is -2.23. The summed E-state index contributed by atoms with van der Waals surface area (Å²) in [7, 11) is 0. The Balaban J connectivity index is 2.80. The van der Waals surface area contributed by atoms with E-state index in [1.807, 2.05) is 0 Å². The number of rotatable bonds is 15. The molecule has 0 saturated carbocycles. The third kappa shape index (κ3) is 10.1. The van der Waals surface area contributed by atoms with Gasteiger partial charge in [0.15, 0.2) is 0 Å². The van der Waals surface area contributed by atoms with E-state index in [2.05, 4.69) is 38.5 Å². The number of nitrogens with two attached hydrogens (primary N) is 1. The Morgan fingerprint density at radius 1 is 1.09 bits per heavy atom. The fourth-order valence-electron chi connectivity index (χ4n) is 2.62. The monoisotopic (exact) mass is 504 g/mol. The summed E-state index contributed by atoms with van der Waals surface area (Å²) < 4.78 is 0. The number of H-pyrrole nitrogens is 1. The Morgan fingerprint density at radius 3 is 2.21 bits per heavy atom. The zero-order chi connectivity index (χ0) is 25.0. The molecule has 1 aromatic rings. The molecule has 0 saturated heterocycles. The van der Waals surface area contributed by atoms with Crippen LogP contribution in [0.2, 0.25) is 0 Å². The maximum absolute atomic E-state index is 12.6. The minimum Gasteiger partial charge on any atom is -0.481 e. The molecule has 8 N–H and O–H groups in total. The fraction of sp³-hybridized carbons (Fsp3) is 0.556. The molecule has 0 aliphatic carbocycles. The maximum Gasteiger partial charge on any atom is 0.326 e. The molecule has 0 bridgehead atoms. The maximum atomic E-state index is 12.6. The Hall–Kier alpha value is -2.78. The zero-order valence-corrected chi connectivity index (χ0v) is 19.5. The predicted molar refractivity (Wildman–Crippen MR) is 123 cm³/mol. The third-order valence-electron chi connectivity index (χ3n) is 4.38. The summed E-state index contributed by atoms with van der Waals surface area (Å²) >= 11 is 5.40. The average molecular weight is 505 g/mol. The van der Waals surface area contributed by atoms with Crippen molar-refractivity contribution in [3.05, 3.63) is 18.2 Å². The minimum atomic E-state index is -1.57. The van der Waals surface area contributed by atoms with Gasteiger partial charge in [-0.1, -0.05) is 0 Å². The number of thiol groups is 1. The summed E-state index contributed by atoms with van der Waals surface area (Å²) in [4.78, 5) is 66.6. The predicted octanol–water partition coefficient (Wildman–Crippen LogP) is -2.02. The van der Waals surface area contributed by atoms with Crippen LogP contribution in [0.3, 0.4) is 0 Å². The van der Waals surface area contributed by atoms with Crippen LogP contribution in [-0.2, 0) is 30.4 Å². The number of aromatic amines is 1. The lowest BCUT2D eigenvalue weighted by Crippen LogP contribution is -2.58. The number of nitrogens with zero attached hydrogens (tertiary/aromatic N) is 1. The van der Waals surface area contributed by atoms with Crippen molar-refractivity contribution in [1.82, 2.24) is 25.9 Å². The van der Waals surface area contributed by atoms with Crippen LogP contribution < -0.4 is 21.7 Å². The number of carboxylic acids is 2. The molecule has 4 unspecified atom stereocenters. The van der Waals surface area contributed by atoms with Crippen LogP contribution in [0.15, 0.2) is 12.5 Å². The van der Waals surface area contributed by atoms with E-state index in [1.165, 1.54) is 24.3 Å². The van der Waals surface area contributed by atoms with Crippen molar-refractivity contribution >= 4 is 54.1 Å². The van der Waals surface area contributed by atoms with Gasteiger partial charge in [-0.25, -0.2) is 9.78 Å². The number of aromatic nitrogens is 2. The lowest BCUT2D eigenvalue weighted by molar-refractivity contribution is -0.143. The van der Waals surface area contributed by atoms with Crippen molar-refractivity contribution < 1.29 is 34.2 Å². The number of aliphatic carboxylic acids is 2. The molecule has 0 aliphatic rings. The normalized spacial score (nSPS) is 14.4. The Morgan fingerprint density at radius 2 is 1.70 bits per heavy atom. The molecule has 33 heavy (non-hydrogen) atoms. The summed E-state index contributed by atoms with van der Waals surface area (Å²) in [6, 6.07) is -5.04. The molecule has 0 aliphatic heterocycles. The second-order valence-electron chi connectivity index (χ2n) is 6.97. The zero-order valence-electron chi connectivity index (χ0n) is 17.8. The van der Waals surface area contributed by atoms with Gasteiger partial charge in [0.05, 0.1) is 18.8 Å². The van der Waals surface area contributed by atoms with Crippen molar-refractivity contribution in [1.29, 1.82) is 0 Å². The number of hydrogen-bond acceptors (Lipinski definition) is 9. The number of thioether (sulfide) groups is 1. The first kappa shape index (κ1) is 28.3. The van der Waals surface area contributed by atoms with E-state index in [0.29, 0.717) is 11.4 Å². The molecule has 3 amide bonds. The van der Waals surface area contributed by atoms with Crippen molar-refractivity contribution in [2.75, 3.05) is 17.8 Å². The summed E-state index contributed by atoms with van der Waals surface area (Å²) in [6.07, 6.45) is 4.13. The molecule has 1 heterocycles. The highest BCUT2D eigenvalue weighted by Crippen LogP contribution is 2.04. The minimum absolute atomic E-state index is 0.111. The molecule has 0 radical (unpaired) electrons. The molecular formula is C18H28N6O7S2. The van der Waals surface area contributed by atoms with E-state index in [4.69, 9.17) is 10.8 Å². The second-order valence-corrected chi connectivity index (χ2v) is 8.32. The van der Waals surface area contributed by atoms with Crippen molar-refractivity contribution in [2.24, 2.45) is 5.73 Å². The largest absolute Gasteiger partial charge is 0.481 e. The topological polar surface area (TPSA) is 217 Å². The van der Waals surface area contributed by atoms with Gasteiger partial charge < -0.3 is 36.9 Å². The van der Waals surface area contributed by atoms with Gasteiger partial charge in [-0.05, 0) is 18.4 Å². The van der Waals surface area contributed by atoms with E-state index < -0.39 is 60.2 Å². The van der Waals surface area contributed by atoms with E-state index in [1.54, 1.807) is 6.26 Å². The Kier molecular flexibility index (Phi) is 12.3. The van der Waals surface area contributed by atoms with Crippen LogP contribution in [0, 0.1) is 0 Å². The molecule has 0 spiro atoms. The number of hydrogen-bond donors (Lipinski definition) is 8. The van der Waals surface area contributed by atoms with Crippen LogP contribution in [0.4, 0.5) is 0 Å². The van der Waals surface area contributed by atoms with Crippen LogP contribution in [-0.4, -0.2) is 91.8 Å². The van der Waals surface area contributed by atoms with E-state index in [-0.39, 0.29) is 18.6 Å². The summed E-state index contributed by atoms with van der Waals surface area (Å²) in [5.74, 6) is -4.91. The van der Waals surface area contributed by atoms with Gasteiger partial charge in [-0.2, -0.15) is 24.4 Å². The molecule has 0 fully saturated rings. The summed E-state index contributed by atoms with van der Waals surface area (Å²) in [6.45, 7) is 0. The van der Waals surface area contributed by atoms with Gasteiger partial charge in [-0.3, -0.25) is 19.2 Å². The first-order valence-electron chi connectivity index (χ1n) is 9.77. The molecule has 15 heteroatoms. The van der Waals surface area contributed by atoms with Crippen molar-refractivity contribution in [2.45, 2.75) is 43.4 Å². The number of amides is 3. The van der Waals surface area contributed by atoms with Crippen LogP contribution in [0.1, 0.15) is 18.5 Å². The second kappa shape index (κ2) is 14.4. The average Bonchev–Trinajstić information content (AvgIpc) is 3.26. The van der Waals surface area contributed by atoms with E-state index in [9.17, 15) is 29.1 Å². The highest BCUT2D eigenvalue weighted by atomic mass is 32.2. The Labute approximate surface area is 199 Å². The molecule has 0 aromatic carbocycles. The van der Waals surface area contributed by atoms with Gasteiger partial charge in [0.25, 0.3) is 0 Å². The van der Waals surface area contributed by atoms with Gasteiger partial charge >= 0.3 is 11.9 Å². The SMILES string of the molecule is CSCCC(NC(=O)C(CC(=O)O)NC(=O)C(CS)NC(=O)C(N)Cc1cnc[nH]1)C(=O)O. The molecule has 4 atom stereocenters. The van der Waals surface area contributed by atoms with Gasteiger partial charge in [-0.15, -0.1) is 0 Å². The summed E-state index contributed by atoms with van der Waals surface area (Å²) in [5, 5.41) is 25.2. The Bertz CT molecular complexity index is 823. The molecular weight excluding hydrogens is 476 g/mol. The smallest absolute Gasteiger partial charge is 0.326 e. The number of nitrogens with one attached hydrogen (secondary N) is 4. The number of carbonyl (C=O) groups is 5. The van der Waals surface area contributed by atoms with Crippen molar-refractivity contribution in [3.8, 4) is 0 Å². The van der Waals surface area contributed by atoms with Gasteiger partial charge in [0.2, 0.25) is 17.7 Å². The number of imidazole rings is 1. The number of carboxylic acid groups (broad SMARTS) is 2. The highest BCUT2D eigenvalue weighted by Gasteiger charge is 2.31. The van der Waals surface area contributed by atoms with Gasteiger partial charge in [0.1, 0.15) is 18.1 Å². The summed E-state index contributed by atoms with van der Waals surface area (Å²) in [5.41, 5.74) is 6.44. The standard InChI is InChI=1S/C18H28N6O7S2/c1-33-3-2-11(18(30)31)22-16(28)12(5-14(25)26)23-17(29)13(7-32)24-15(27)10(19)4-9-6-20-8-21-9/h6,8,10-13,32H,2-5,7,19H2,1H3,(H,20,21)(H,22,28)(H,23,29)(H,24,27)(H,25,26)(H,30,31). The molecule has 13 nitrogen and oxygen atoms in total. The van der Waals surface area contributed by atoms with Crippen LogP contribution in [0.25, 0.3) is 0 Å². The number of carbonyl (C=O) groups excluding carboxylic acids is 3. The van der Waals surface area contributed by atoms with Crippen molar-refractivity contribution in [3.63, 3.8) is 0 Å². The highest BCUT2D eigenvalue weighted by molar-refractivity contribution is 7.98. The van der Waals surface area contributed by atoms with Crippen LogP contribution >= 0.6 is 24.4 Å². The van der Waals surface area contributed by atoms with Gasteiger partial charge in [0, 0.05) is 24.1 Å². The van der Waals surface area contributed by atoms with E-state index in [0.717, 1.165) is 0 Å². The lowest BCUT2D eigenvalue weighted by atomic mass is 10.1. The first-order chi connectivity index (χ1) is 15.6. The van der Waals surface area contributed by atoms with Crippen LogP contribution in [0.5, 0.6) is 0 Å². The fourth-order valence-corrected chi connectivity index (χ4v) is 3.35. The third-order valence-corrected chi connectivity index (χ3v) is 5.39. The molecule has 1 rings (SSSR count). The van der Waals surface area contributed by atoms with E-state index >= 15 is 0 Å². The quantitative estimate of drug-likeness (QED) is 0.123.